The van der Waals surface area contributed by atoms with Gasteiger partial charge in [0.15, 0.2) is 0 Å². The summed E-state index contributed by atoms with van der Waals surface area (Å²) in [6.45, 7) is 2.18. The van der Waals surface area contributed by atoms with Gasteiger partial charge in [0, 0.05) is 11.9 Å². The van der Waals surface area contributed by atoms with Crippen molar-refractivity contribution >= 4 is 16.5 Å². The predicted molar refractivity (Wildman–Crippen MR) is 101 cm³/mol. The van der Waals surface area contributed by atoms with Crippen molar-refractivity contribution < 1.29 is 4.21 Å². The summed E-state index contributed by atoms with van der Waals surface area (Å²) in [5, 5.41) is 0. The van der Waals surface area contributed by atoms with Crippen LogP contribution in [0.2, 0.25) is 0 Å². The van der Waals surface area contributed by atoms with Gasteiger partial charge in [-0.2, -0.15) is 4.68 Å². The van der Waals surface area contributed by atoms with E-state index in [2.05, 4.69) is 0 Å². The van der Waals surface area contributed by atoms with Crippen LogP contribution in [0.1, 0.15) is 32.6 Å². The lowest BCUT2D eigenvalue weighted by Gasteiger charge is -2.25. The Morgan fingerprint density at radius 1 is 1.00 bits per heavy atom. The summed E-state index contributed by atoms with van der Waals surface area (Å²) < 4.78 is 17.4. The fourth-order valence-corrected chi connectivity index (χ4v) is 5.22. The second-order valence-corrected chi connectivity index (χ2v) is 8.26. The third-order valence-electron chi connectivity index (χ3n) is 5.10. The fraction of sp³-hybridized carbons (Fsp3) is 0.368. The van der Waals surface area contributed by atoms with Crippen LogP contribution < -0.4 is 11.4 Å². The minimum atomic E-state index is -1.40. The van der Waals surface area contributed by atoms with Crippen LogP contribution in [-0.4, -0.2) is 18.1 Å². The SMILES string of the molecule is CC1=C(S(=O)c2ccccc2)C(=C2CCCC2)n2c(=O)n(C)c(=O)n2C1. The van der Waals surface area contributed by atoms with Gasteiger partial charge in [-0.25, -0.2) is 23.0 Å². The minimum Gasteiger partial charge on any atom is -0.249 e. The maximum absolute atomic E-state index is 13.4. The van der Waals surface area contributed by atoms with Crippen molar-refractivity contribution in [2.45, 2.75) is 44.0 Å². The Kier molecular flexibility index (Phi) is 4.19. The second kappa shape index (κ2) is 6.39. The van der Waals surface area contributed by atoms with E-state index in [0.717, 1.165) is 41.4 Å². The molecule has 136 valence electrons. The van der Waals surface area contributed by atoms with E-state index in [1.807, 2.05) is 37.3 Å². The van der Waals surface area contributed by atoms with Gasteiger partial charge in [0.1, 0.15) is 0 Å². The molecule has 0 spiro atoms. The summed E-state index contributed by atoms with van der Waals surface area (Å²) >= 11 is 0. The molecule has 0 amide bonds. The molecular formula is C19H21N3O3S. The van der Waals surface area contributed by atoms with E-state index in [0.29, 0.717) is 15.5 Å². The van der Waals surface area contributed by atoms with Gasteiger partial charge in [-0.15, -0.1) is 0 Å². The van der Waals surface area contributed by atoms with Gasteiger partial charge in [0.05, 0.1) is 27.9 Å². The molecule has 2 aliphatic rings. The van der Waals surface area contributed by atoms with E-state index in [4.69, 9.17) is 0 Å². The van der Waals surface area contributed by atoms with Gasteiger partial charge < -0.3 is 0 Å². The van der Waals surface area contributed by atoms with Crippen LogP contribution in [0.3, 0.4) is 0 Å². The summed E-state index contributed by atoms with van der Waals surface area (Å²) in [5.41, 5.74) is 1.95. The number of hydrogen-bond donors (Lipinski definition) is 0. The average Bonchev–Trinajstić information content (AvgIpc) is 3.26. The molecule has 2 aromatic rings. The van der Waals surface area contributed by atoms with Crippen molar-refractivity contribution in [3.8, 4) is 0 Å². The largest absolute Gasteiger partial charge is 0.351 e. The lowest BCUT2D eigenvalue weighted by molar-refractivity contribution is 0.559. The van der Waals surface area contributed by atoms with Crippen molar-refractivity contribution in [3.05, 3.63) is 67.4 Å². The highest BCUT2D eigenvalue weighted by atomic mass is 32.2. The van der Waals surface area contributed by atoms with E-state index < -0.39 is 10.8 Å². The number of benzene rings is 1. The Hall–Kier alpha value is -2.41. The van der Waals surface area contributed by atoms with Crippen LogP contribution in [0.5, 0.6) is 0 Å². The molecule has 0 saturated heterocycles. The van der Waals surface area contributed by atoms with Crippen LogP contribution in [0.4, 0.5) is 0 Å². The smallest absolute Gasteiger partial charge is 0.249 e. The zero-order valence-electron chi connectivity index (χ0n) is 14.9. The quantitative estimate of drug-likeness (QED) is 0.813. The van der Waals surface area contributed by atoms with Crippen LogP contribution in [0.25, 0.3) is 5.70 Å². The minimum absolute atomic E-state index is 0.277. The first kappa shape index (κ1) is 17.0. The Labute approximate surface area is 153 Å². The highest BCUT2D eigenvalue weighted by molar-refractivity contribution is 7.89. The lowest BCUT2D eigenvalue weighted by atomic mass is 10.1. The third kappa shape index (κ3) is 2.49. The average molecular weight is 371 g/mol. The van der Waals surface area contributed by atoms with Crippen molar-refractivity contribution in [2.24, 2.45) is 7.05 Å². The molecule has 4 rings (SSSR count). The number of rotatable bonds is 2. The summed E-state index contributed by atoms with van der Waals surface area (Å²) in [6.07, 6.45) is 3.84. The van der Waals surface area contributed by atoms with Gasteiger partial charge >= 0.3 is 11.4 Å². The van der Waals surface area contributed by atoms with Crippen LogP contribution in [0, 0.1) is 0 Å². The van der Waals surface area contributed by atoms with E-state index in [1.54, 1.807) is 0 Å². The van der Waals surface area contributed by atoms with Crippen molar-refractivity contribution in [2.75, 3.05) is 0 Å². The number of aromatic nitrogens is 3. The third-order valence-corrected chi connectivity index (χ3v) is 6.72. The molecule has 7 heteroatoms. The highest BCUT2D eigenvalue weighted by Gasteiger charge is 2.32. The lowest BCUT2D eigenvalue weighted by Crippen LogP contribution is -2.33. The number of fused-ring (bicyclic) bond motifs is 1. The van der Waals surface area contributed by atoms with Gasteiger partial charge in [0.25, 0.3) is 0 Å². The molecule has 6 nitrogen and oxygen atoms in total. The molecule has 26 heavy (non-hydrogen) atoms. The molecule has 1 saturated carbocycles. The molecule has 1 aromatic carbocycles. The normalized spacial score (nSPS) is 18.4. The van der Waals surface area contributed by atoms with Gasteiger partial charge in [0.2, 0.25) is 0 Å². The molecule has 0 N–H and O–H groups in total. The molecule has 1 aliphatic heterocycles. The monoisotopic (exact) mass is 371 g/mol. The van der Waals surface area contributed by atoms with E-state index in [9.17, 15) is 13.8 Å². The Bertz CT molecular complexity index is 1080. The van der Waals surface area contributed by atoms with E-state index in [-0.39, 0.29) is 17.9 Å². The second-order valence-electron chi connectivity index (χ2n) is 6.84. The molecule has 1 atom stereocenters. The summed E-state index contributed by atoms with van der Waals surface area (Å²) in [6, 6.07) is 9.28. The highest BCUT2D eigenvalue weighted by Crippen LogP contribution is 2.38. The molecule has 1 unspecified atom stereocenters. The fourth-order valence-electron chi connectivity index (χ4n) is 3.79. The molecule has 2 heterocycles. The molecule has 1 aliphatic carbocycles. The van der Waals surface area contributed by atoms with Gasteiger partial charge in [-0.05, 0) is 55.9 Å². The summed E-state index contributed by atoms with van der Waals surface area (Å²) in [4.78, 5) is 26.6. The topological polar surface area (TPSA) is 66.0 Å². The zero-order chi connectivity index (χ0) is 18.4. The van der Waals surface area contributed by atoms with Crippen molar-refractivity contribution in [1.29, 1.82) is 0 Å². The zero-order valence-corrected chi connectivity index (χ0v) is 15.7. The molecule has 1 fully saturated rings. The standard InChI is InChI=1S/C19H21N3O3S/c1-13-12-21-18(23)20(2)19(24)22(21)16(14-8-6-7-9-14)17(13)26(25)15-10-4-3-5-11-15/h3-5,10-11H,6-9,12H2,1-2H3. The maximum atomic E-state index is 13.4. The number of hydrogen-bond acceptors (Lipinski definition) is 3. The molecule has 0 bridgehead atoms. The first-order valence-electron chi connectivity index (χ1n) is 8.79. The first-order valence-corrected chi connectivity index (χ1v) is 9.94. The number of allylic oxidation sites excluding steroid dienone is 3. The number of nitrogens with zero attached hydrogens (tertiary/aromatic N) is 3. The van der Waals surface area contributed by atoms with Crippen LogP contribution in [-0.2, 0) is 24.4 Å². The molecule has 1 aromatic heterocycles. The van der Waals surface area contributed by atoms with Crippen molar-refractivity contribution in [3.63, 3.8) is 0 Å². The predicted octanol–water partition coefficient (Wildman–Crippen LogP) is 2.23. The van der Waals surface area contributed by atoms with Gasteiger partial charge in [-0.1, -0.05) is 18.2 Å². The Morgan fingerprint density at radius 2 is 1.65 bits per heavy atom. The summed E-state index contributed by atoms with van der Waals surface area (Å²) in [5.74, 6) is 0. The first-order chi connectivity index (χ1) is 12.5. The summed E-state index contributed by atoms with van der Waals surface area (Å²) in [7, 11) is 0.0877. The van der Waals surface area contributed by atoms with Crippen LogP contribution >= 0.6 is 0 Å². The Morgan fingerprint density at radius 3 is 2.31 bits per heavy atom. The molecule has 0 radical (unpaired) electrons. The maximum Gasteiger partial charge on any atom is 0.351 e. The van der Waals surface area contributed by atoms with Crippen LogP contribution in [0.15, 0.2) is 60.9 Å². The van der Waals surface area contributed by atoms with Gasteiger partial charge in [-0.3, -0.25) is 0 Å². The molecular weight excluding hydrogens is 350 g/mol. The van der Waals surface area contributed by atoms with E-state index in [1.165, 1.54) is 16.4 Å². The van der Waals surface area contributed by atoms with E-state index >= 15 is 0 Å². The van der Waals surface area contributed by atoms with Crippen molar-refractivity contribution in [1.82, 2.24) is 13.9 Å². The Balaban J connectivity index is 2.00.